The van der Waals surface area contributed by atoms with E-state index in [0.717, 1.165) is 5.56 Å². The van der Waals surface area contributed by atoms with Crippen LogP contribution in [0.5, 0.6) is 0 Å². The minimum absolute atomic E-state index is 0.302. The number of benzene rings is 1. The largest absolute Gasteiger partial charge is 0.465 e. The highest BCUT2D eigenvalue weighted by molar-refractivity contribution is 5.75. The molecule has 0 fully saturated rings. The van der Waals surface area contributed by atoms with Gasteiger partial charge in [-0.05, 0) is 31.0 Å². The molecule has 0 spiro atoms. The van der Waals surface area contributed by atoms with Crippen LogP contribution in [0.2, 0.25) is 0 Å². The molecule has 1 atom stereocenters. The van der Waals surface area contributed by atoms with E-state index in [1.807, 2.05) is 0 Å². The molecule has 0 aromatic heterocycles. The summed E-state index contributed by atoms with van der Waals surface area (Å²) in [6.45, 7) is 2.04. The van der Waals surface area contributed by atoms with Gasteiger partial charge < -0.3 is 10.5 Å². The van der Waals surface area contributed by atoms with Gasteiger partial charge >= 0.3 is 5.97 Å². The summed E-state index contributed by atoms with van der Waals surface area (Å²) in [6, 6.07) is 5.21. The third kappa shape index (κ3) is 3.67. The Kier molecular flexibility index (Phi) is 4.24. The molecule has 1 aromatic carbocycles. The number of carbonyl (C=O) groups excluding carboxylic acids is 1. The fraction of sp³-hybridized carbons (Fsp3) is 0.364. The summed E-state index contributed by atoms with van der Waals surface area (Å²) >= 11 is 0. The standard InChI is InChI=1S/C11H14FNO2/c1-2-15-11(14)10(13)7-8-3-5-9(12)6-4-8/h3-6,10H,2,7,13H2,1H3/t10-/m0/s1. The first-order chi connectivity index (χ1) is 7.13. The molecule has 0 saturated carbocycles. The quantitative estimate of drug-likeness (QED) is 0.763. The van der Waals surface area contributed by atoms with Crippen LogP contribution in [-0.4, -0.2) is 18.6 Å². The van der Waals surface area contributed by atoms with E-state index in [2.05, 4.69) is 0 Å². The van der Waals surface area contributed by atoms with Gasteiger partial charge in [0.2, 0.25) is 0 Å². The molecule has 0 aliphatic rings. The second-order valence-corrected chi connectivity index (χ2v) is 3.19. The minimum Gasteiger partial charge on any atom is -0.465 e. The van der Waals surface area contributed by atoms with Gasteiger partial charge in [0.25, 0.3) is 0 Å². The van der Waals surface area contributed by atoms with Crippen LogP contribution in [0, 0.1) is 5.82 Å². The third-order valence-electron chi connectivity index (χ3n) is 1.96. The fourth-order valence-electron chi connectivity index (χ4n) is 1.21. The van der Waals surface area contributed by atoms with Crippen molar-refractivity contribution in [1.29, 1.82) is 0 Å². The SMILES string of the molecule is CCOC(=O)[C@@H](N)Cc1ccc(F)cc1. The Morgan fingerprint density at radius 2 is 2.07 bits per heavy atom. The summed E-state index contributed by atoms with van der Waals surface area (Å²) < 4.78 is 17.3. The maximum absolute atomic E-state index is 12.6. The van der Waals surface area contributed by atoms with Gasteiger partial charge in [-0.15, -0.1) is 0 Å². The van der Waals surface area contributed by atoms with Gasteiger partial charge in [-0.25, -0.2) is 4.39 Å². The Labute approximate surface area is 88.0 Å². The molecule has 1 aromatic rings. The number of ether oxygens (including phenoxy) is 1. The lowest BCUT2D eigenvalue weighted by Gasteiger charge is -2.10. The lowest BCUT2D eigenvalue weighted by Crippen LogP contribution is -2.34. The predicted molar refractivity (Wildman–Crippen MR) is 54.7 cm³/mol. The molecule has 3 nitrogen and oxygen atoms in total. The van der Waals surface area contributed by atoms with Crippen LogP contribution in [0.3, 0.4) is 0 Å². The Balaban J connectivity index is 2.54. The van der Waals surface area contributed by atoms with Gasteiger partial charge in [0.05, 0.1) is 6.61 Å². The van der Waals surface area contributed by atoms with Crippen LogP contribution in [0.25, 0.3) is 0 Å². The molecule has 0 unspecified atom stereocenters. The normalized spacial score (nSPS) is 12.2. The molecule has 82 valence electrons. The van der Waals surface area contributed by atoms with Crippen molar-refractivity contribution < 1.29 is 13.9 Å². The van der Waals surface area contributed by atoms with E-state index < -0.39 is 12.0 Å². The summed E-state index contributed by atoms with van der Waals surface area (Å²) in [5.41, 5.74) is 6.42. The fourth-order valence-corrected chi connectivity index (χ4v) is 1.21. The van der Waals surface area contributed by atoms with Gasteiger partial charge in [0.15, 0.2) is 0 Å². The zero-order valence-corrected chi connectivity index (χ0v) is 8.57. The zero-order valence-electron chi connectivity index (χ0n) is 8.57. The molecular weight excluding hydrogens is 197 g/mol. The molecule has 0 amide bonds. The van der Waals surface area contributed by atoms with Gasteiger partial charge in [0, 0.05) is 0 Å². The minimum atomic E-state index is -0.685. The van der Waals surface area contributed by atoms with Crippen LogP contribution in [0.1, 0.15) is 12.5 Å². The molecular formula is C11H14FNO2. The van der Waals surface area contributed by atoms with Crippen molar-refractivity contribution in [3.8, 4) is 0 Å². The van der Waals surface area contributed by atoms with Crippen molar-refractivity contribution in [3.05, 3.63) is 35.6 Å². The Morgan fingerprint density at radius 3 is 2.60 bits per heavy atom. The van der Waals surface area contributed by atoms with Crippen molar-refractivity contribution in [2.24, 2.45) is 5.73 Å². The second-order valence-electron chi connectivity index (χ2n) is 3.19. The molecule has 0 radical (unpaired) electrons. The summed E-state index contributed by atoms with van der Waals surface area (Å²) in [7, 11) is 0. The third-order valence-corrected chi connectivity index (χ3v) is 1.96. The highest BCUT2D eigenvalue weighted by Gasteiger charge is 2.14. The molecule has 15 heavy (non-hydrogen) atoms. The summed E-state index contributed by atoms with van der Waals surface area (Å²) in [5, 5.41) is 0. The second kappa shape index (κ2) is 5.46. The monoisotopic (exact) mass is 211 g/mol. The summed E-state index contributed by atoms with van der Waals surface area (Å²) in [4.78, 5) is 11.2. The Hall–Kier alpha value is -1.42. The Bertz CT molecular complexity index is 324. The van der Waals surface area contributed by atoms with E-state index in [9.17, 15) is 9.18 Å². The van der Waals surface area contributed by atoms with Crippen molar-refractivity contribution >= 4 is 5.97 Å². The summed E-state index contributed by atoms with van der Waals surface area (Å²) in [5.74, 6) is -0.731. The lowest BCUT2D eigenvalue weighted by atomic mass is 10.1. The molecule has 0 heterocycles. The van der Waals surface area contributed by atoms with Gasteiger partial charge in [-0.1, -0.05) is 12.1 Å². The zero-order chi connectivity index (χ0) is 11.3. The molecule has 4 heteroatoms. The number of hydrogen-bond donors (Lipinski definition) is 1. The first-order valence-corrected chi connectivity index (χ1v) is 4.80. The first-order valence-electron chi connectivity index (χ1n) is 4.80. The van der Waals surface area contributed by atoms with Crippen LogP contribution >= 0.6 is 0 Å². The highest BCUT2D eigenvalue weighted by atomic mass is 19.1. The van der Waals surface area contributed by atoms with E-state index >= 15 is 0 Å². The van der Waals surface area contributed by atoms with E-state index in [-0.39, 0.29) is 5.82 Å². The molecule has 0 saturated heterocycles. The number of carbonyl (C=O) groups is 1. The van der Waals surface area contributed by atoms with Crippen molar-refractivity contribution in [2.45, 2.75) is 19.4 Å². The van der Waals surface area contributed by atoms with E-state index in [0.29, 0.717) is 13.0 Å². The Morgan fingerprint density at radius 1 is 1.47 bits per heavy atom. The molecule has 0 aliphatic carbocycles. The lowest BCUT2D eigenvalue weighted by molar-refractivity contribution is -0.144. The van der Waals surface area contributed by atoms with E-state index in [1.165, 1.54) is 12.1 Å². The highest BCUT2D eigenvalue weighted by Crippen LogP contribution is 2.05. The number of hydrogen-bond acceptors (Lipinski definition) is 3. The van der Waals surface area contributed by atoms with Crippen molar-refractivity contribution in [1.82, 2.24) is 0 Å². The molecule has 0 bridgehead atoms. The maximum atomic E-state index is 12.6. The van der Waals surface area contributed by atoms with Gasteiger partial charge in [0.1, 0.15) is 11.9 Å². The van der Waals surface area contributed by atoms with E-state index in [1.54, 1.807) is 19.1 Å². The number of esters is 1. The van der Waals surface area contributed by atoms with Crippen LogP contribution in [-0.2, 0) is 16.0 Å². The van der Waals surface area contributed by atoms with Crippen LogP contribution in [0.15, 0.2) is 24.3 Å². The van der Waals surface area contributed by atoms with E-state index in [4.69, 9.17) is 10.5 Å². The number of nitrogens with two attached hydrogens (primary N) is 1. The first kappa shape index (κ1) is 11.7. The maximum Gasteiger partial charge on any atom is 0.323 e. The average Bonchev–Trinajstić information content (AvgIpc) is 2.22. The van der Waals surface area contributed by atoms with Crippen molar-refractivity contribution in [2.75, 3.05) is 6.61 Å². The summed E-state index contributed by atoms with van der Waals surface area (Å²) in [6.07, 6.45) is 0.360. The predicted octanol–water partition coefficient (Wildman–Crippen LogP) is 1.26. The smallest absolute Gasteiger partial charge is 0.323 e. The molecule has 0 aliphatic heterocycles. The molecule has 2 N–H and O–H groups in total. The number of halogens is 1. The number of rotatable bonds is 4. The average molecular weight is 211 g/mol. The topological polar surface area (TPSA) is 52.3 Å². The van der Waals surface area contributed by atoms with Gasteiger partial charge in [-0.2, -0.15) is 0 Å². The van der Waals surface area contributed by atoms with Crippen LogP contribution in [0.4, 0.5) is 4.39 Å². The van der Waals surface area contributed by atoms with Crippen LogP contribution < -0.4 is 5.73 Å². The van der Waals surface area contributed by atoms with Gasteiger partial charge in [-0.3, -0.25) is 4.79 Å². The molecule has 1 rings (SSSR count). The van der Waals surface area contributed by atoms with Crippen molar-refractivity contribution in [3.63, 3.8) is 0 Å².